The summed E-state index contributed by atoms with van der Waals surface area (Å²) in [4.78, 5) is 9.95. The van der Waals surface area contributed by atoms with Crippen molar-refractivity contribution in [1.82, 2.24) is 9.97 Å². The van der Waals surface area contributed by atoms with E-state index in [1.54, 1.807) is 29.4 Å². The number of aromatic nitrogens is 2. The topological polar surface area (TPSA) is 49.6 Å². The molecular weight excluding hydrogens is 322 g/mol. The Kier molecular flexibility index (Phi) is 5.27. The van der Waals surface area contributed by atoms with Gasteiger partial charge in [0.2, 0.25) is 0 Å². The molecule has 0 atom stereocenters. The molecule has 2 aromatic heterocycles. The smallest absolute Gasteiger partial charge is 0.128 e. The Balaban J connectivity index is 1.88. The summed E-state index contributed by atoms with van der Waals surface area (Å²) in [5.74, 6) is 0.983. The van der Waals surface area contributed by atoms with Crippen molar-refractivity contribution in [2.45, 2.75) is 31.2 Å². The van der Waals surface area contributed by atoms with Gasteiger partial charge < -0.3 is 0 Å². The molecule has 3 rings (SSSR count). The first-order valence-corrected chi connectivity index (χ1v) is 9.45. The number of fused-ring (bicyclic) bond motifs is 1. The molecule has 0 bridgehead atoms. The number of nitrogens with zero attached hydrogens (tertiary/aromatic N) is 3. The minimum atomic E-state index is 0.632. The number of hydrogen-bond donors (Lipinski definition) is 0. The molecule has 0 fully saturated rings. The van der Waals surface area contributed by atoms with Gasteiger partial charge in [0.1, 0.15) is 16.2 Å². The van der Waals surface area contributed by atoms with Crippen LogP contribution in [0.25, 0.3) is 21.3 Å². The zero-order valence-corrected chi connectivity index (χ0v) is 14.6. The molecular formula is C18H17N3S2. The van der Waals surface area contributed by atoms with E-state index >= 15 is 0 Å². The fourth-order valence-corrected chi connectivity index (χ4v) is 4.37. The lowest BCUT2D eigenvalue weighted by atomic mass is 10.1. The minimum Gasteiger partial charge on any atom is -0.229 e. The first-order chi connectivity index (χ1) is 11.3. The number of thioether (sulfide) groups is 1. The van der Waals surface area contributed by atoms with E-state index in [2.05, 4.69) is 52.6 Å². The number of nitriles is 1. The van der Waals surface area contributed by atoms with Crippen molar-refractivity contribution in [2.24, 2.45) is 0 Å². The maximum atomic E-state index is 8.60. The summed E-state index contributed by atoms with van der Waals surface area (Å²) >= 11 is 3.43. The van der Waals surface area contributed by atoms with Gasteiger partial charge in [-0.1, -0.05) is 29.8 Å². The van der Waals surface area contributed by atoms with E-state index in [0.717, 1.165) is 33.8 Å². The third-order valence-electron chi connectivity index (χ3n) is 3.62. The van der Waals surface area contributed by atoms with Gasteiger partial charge in [-0.3, -0.25) is 0 Å². The Morgan fingerprint density at radius 2 is 2.00 bits per heavy atom. The van der Waals surface area contributed by atoms with Crippen LogP contribution in [0.3, 0.4) is 0 Å². The van der Waals surface area contributed by atoms with Crippen molar-refractivity contribution in [3.05, 3.63) is 41.5 Å². The van der Waals surface area contributed by atoms with Crippen molar-refractivity contribution in [3.8, 4) is 17.2 Å². The number of hydrogen-bond acceptors (Lipinski definition) is 5. The molecule has 0 radical (unpaired) electrons. The van der Waals surface area contributed by atoms with Gasteiger partial charge in [-0.05, 0) is 31.1 Å². The van der Waals surface area contributed by atoms with Gasteiger partial charge in [0.05, 0.1) is 11.5 Å². The number of aryl methyl sites for hydroxylation is 1. The number of rotatable bonds is 6. The summed E-state index contributed by atoms with van der Waals surface area (Å²) in [6, 6.07) is 10.8. The number of benzene rings is 1. The Morgan fingerprint density at radius 1 is 1.17 bits per heavy atom. The molecule has 0 N–H and O–H groups in total. The molecule has 0 saturated carbocycles. The molecule has 0 spiro atoms. The zero-order chi connectivity index (χ0) is 16.1. The fourth-order valence-electron chi connectivity index (χ4n) is 2.38. The molecule has 0 unspecified atom stereocenters. The first-order valence-electron chi connectivity index (χ1n) is 7.58. The van der Waals surface area contributed by atoms with Gasteiger partial charge >= 0.3 is 0 Å². The standard InChI is InChI=1S/C18H17N3S2/c1-13-5-7-14(8-6-13)15-11-23-18-16(15)17(20-12-21-18)22-10-4-2-3-9-19/h5-8,11-12H,2-4,10H2,1H3. The molecule has 0 aliphatic carbocycles. The van der Waals surface area contributed by atoms with Gasteiger partial charge in [0.25, 0.3) is 0 Å². The third-order valence-corrected chi connectivity index (χ3v) is 5.58. The summed E-state index contributed by atoms with van der Waals surface area (Å²) < 4.78 is 0. The molecule has 0 aliphatic rings. The normalized spacial score (nSPS) is 10.8. The molecule has 1 aromatic carbocycles. The number of unbranched alkanes of at least 4 members (excludes halogenated alkanes) is 2. The largest absolute Gasteiger partial charge is 0.229 e. The SMILES string of the molecule is Cc1ccc(-c2csc3ncnc(SCCCCC#N)c23)cc1. The highest BCUT2D eigenvalue weighted by atomic mass is 32.2. The highest BCUT2D eigenvalue weighted by Crippen LogP contribution is 2.38. The highest BCUT2D eigenvalue weighted by Gasteiger charge is 2.13. The molecule has 0 saturated heterocycles. The lowest BCUT2D eigenvalue weighted by molar-refractivity contribution is 0.829. The monoisotopic (exact) mass is 339 g/mol. The second-order valence-electron chi connectivity index (χ2n) is 5.34. The fraction of sp³-hybridized carbons (Fsp3) is 0.278. The number of thiophene rings is 1. The highest BCUT2D eigenvalue weighted by molar-refractivity contribution is 7.99. The van der Waals surface area contributed by atoms with Crippen LogP contribution in [0, 0.1) is 18.3 Å². The predicted octanol–water partition coefficient (Wildman–Crippen LogP) is 5.45. The van der Waals surface area contributed by atoms with E-state index in [4.69, 9.17) is 5.26 Å². The second kappa shape index (κ2) is 7.58. The summed E-state index contributed by atoms with van der Waals surface area (Å²) in [5, 5.41) is 13.0. The molecule has 2 heterocycles. The first kappa shape index (κ1) is 16.0. The summed E-state index contributed by atoms with van der Waals surface area (Å²) in [5.41, 5.74) is 3.68. The Hall–Kier alpha value is -1.90. The van der Waals surface area contributed by atoms with Crippen LogP contribution in [0.15, 0.2) is 41.0 Å². The van der Waals surface area contributed by atoms with E-state index in [1.165, 1.54) is 16.7 Å². The molecule has 116 valence electrons. The van der Waals surface area contributed by atoms with Crippen molar-refractivity contribution in [2.75, 3.05) is 5.75 Å². The van der Waals surface area contributed by atoms with Crippen LogP contribution in [0.5, 0.6) is 0 Å². The van der Waals surface area contributed by atoms with Crippen molar-refractivity contribution >= 4 is 33.3 Å². The van der Waals surface area contributed by atoms with Crippen LogP contribution >= 0.6 is 23.1 Å². The average molecular weight is 339 g/mol. The maximum Gasteiger partial charge on any atom is 0.128 e. The molecule has 5 heteroatoms. The van der Waals surface area contributed by atoms with Crippen LogP contribution in [0.2, 0.25) is 0 Å². The molecule has 0 amide bonds. The van der Waals surface area contributed by atoms with E-state index < -0.39 is 0 Å². The summed E-state index contributed by atoms with van der Waals surface area (Å²) in [6.45, 7) is 2.10. The quantitative estimate of drug-likeness (QED) is 0.340. The second-order valence-corrected chi connectivity index (χ2v) is 7.28. The lowest BCUT2D eigenvalue weighted by Gasteiger charge is -2.05. The van der Waals surface area contributed by atoms with Gasteiger partial charge in [0, 0.05) is 17.4 Å². The summed E-state index contributed by atoms with van der Waals surface area (Å²) in [7, 11) is 0. The predicted molar refractivity (Wildman–Crippen MR) is 97.8 cm³/mol. The van der Waals surface area contributed by atoms with E-state index in [9.17, 15) is 0 Å². The van der Waals surface area contributed by atoms with Crippen LogP contribution in [-0.4, -0.2) is 15.7 Å². The van der Waals surface area contributed by atoms with Crippen molar-refractivity contribution in [1.29, 1.82) is 5.26 Å². The maximum absolute atomic E-state index is 8.60. The average Bonchev–Trinajstić information content (AvgIpc) is 3.00. The van der Waals surface area contributed by atoms with Crippen LogP contribution in [0.1, 0.15) is 24.8 Å². The van der Waals surface area contributed by atoms with Crippen LogP contribution in [-0.2, 0) is 0 Å². The van der Waals surface area contributed by atoms with E-state index in [-0.39, 0.29) is 0 Å². The van der Waals surface area contributed by atoms with Gasteiger partial charge in [0.15, 0.2) is 0 Å². The lowest BCUT2D eigenvalue weighted by Crippen LogP contribution is -1.88. The molecule has 23 heavy (non-hydrogen) atoms. The van der Waals surface area contributed by atoms with Crippen LogP contribution in [0.4, 0.5) is 0 Å². The Bertz CT molecular complexity index is 832. The molecule has 0 aliphatic heterocycles. The molecule has 3 nitrogen and oxygen atoms in total. The van der Waals surface area contributed by atoms with Crippen LogP contribution < -0.4 is 0 Å². The summed E-state index contributed by atoms with van der Waals surface area (Å²) in [6.07, 6.45) is 4.27. The Labute approximate surface area is 144 Å². The van der Waals surface area contributed by atoms with E-state index in [1.807, 2.05) is 0 Å². The van der Waals surface area contributed by atoms with Gasteiger partial charge in [-0.15, -0.1) is 23.1 Å². The minimum absolute atomic E-state index is 0.632. The van der Waals surface area contributed by atoms with Gasteiger partial charge in [-0.25, -0.2) is 9.97 Å². The zero-order valence-electron chi connectivity index (χ0n) is 13.0. The van der Waals surface area contributed by atoms with Gasteiger partial charge in [-0.2, -0.15) is 5.26 Å². The third kappa shape index (κ3) is 3.72. The Morgan fingerprint density at radius 3 is 2.78 bits per heavy atom. The van der Waals surface area contributed by atoms with Crippen molar-refractivity contribution < 1.29 is 0 Å². The van der Waals surface area contributed by atoms with E-state index in [0.29, 0.717) is 6.42 Å². The molecule has 3 aromatic rings. The van der Waals surface area contributed by atoms with Crippen molar-refractivity contribution in [3.63, 3.8) is 0 Å².